The third kappa shape index (κ3) is 3.96. The van der Waals surface area contributed by atoms with Crippen LogP contribution in [0.2, 0.25) is 5.02 Å². The topological polar surface area (TPSA) is 98.9 Å². The molecule has 0 spiro atoms. The molecule has 3 rings (SSSR count). The van der Waals surface area contributed by atoms with Crippen molar-refractivity contribution in [3.05, 3.63) is 58.9 Å². The Labute approximate surface area is 160 Å². The SMILES string of the molecule is CON(C)S(=O)(=O)c1cc(C(=O)OCc2nc3ccccc3o2)ccc1Cl. The van der Waals surface area contributed by atoms with Crippen LogP contribution in [-0.4, -0.2) is 38.0 Å². The minimum Gasteiger partial charge on any atom is -0.452 e. The lowest BCUT2D eigenvalue weighted by Gasteiger charge is -2.15. The largest absolute Gasteiger partial charge is 0.452 e. The summed E-state index contributed by atoms with van der Waals surface area (Å²) in [6, 6.07) is 10.9. The highest BCUT2D eigenvalue weighted by Gasteiger charge is 2.25. The number of hydrogen-bond acceptors (Lipinski definition) is 7. The Morgan fingerprint density at radius 3 is 2.70 bits per heavy atom. The third-order valence-electron chi connectivity index (χ3n) is 3.71. The Balaban J connectivity index is 1.79. The zero-order valence-electron chi connectivity index (χ0n) is 14.4. The number of halogens is 1. The van der Waals surface area contributed by atoms with Gasteiger partial charge in [0.1, 0.15) is 10.4 Å². The van der Waals surface area contributed by atoms with Crippen molar-refractivity contribution in [1.82, 2.24) is 9.45 Å². The number of oxazole rings is 1. The van der Waals surface area contributed by atoms with E-state index in [1.807, 2.05) is 6.07 Å². The van der Waals surface area contributed by atoms with Crippen LogP contribution >= 0.6 is 11.6 Å². The normalized spacial score (nSPS) is 11.9. The maximum atomic E-state index is 12.4. The molecule has 1 aromatic heterocycles. The maximum absolute atomic E-state index is 12.4. The van der Waals surface area contributed by atoms with E-state index in [4.69, 9.17) is 25.6 Å². The number of rotatable bonds is 6. The minimum atomic E-state index is -4.02. The lowest BCUT2D eigenvalue weighted by molar-refractivity contribution is -0.0258. The molecular formula is C17H15ClN2O6S. The van der Waals surface area contributed by atoms with Gasteiger partial charge in [0.15, 0.2) is 12.2 Å². The van der Waals surface area contributed by atoms with E-state index in [1.165, 1.54) is 26.3 Å². The smallest absolute Gasteiger partial charge is 0.338 e. The lowest BCUT2D eigenvalue weighted by Crippen LogP contribution is -2.26. The highest BCUT2D eigenvalue weighted by Crippen LogP contribution is 2.26. The Morgan fingerprint density at radius 1 is 1.26 bits per heavy atom. The predicted molar refractivity (Wildman–Crippen MR) is 96.5 cm³/mol. The van der Waals surface area contributed by atoms with Gasteiger partial charge in [0.05, 0.1) is 17.7 Å². The van der Waals surface area contributed by atoms with Crippen molar-refractivity contribution in [3.8, 4) is 0 Å². The summed E-state index contributed by atoms with van der Waals surface area (Å²) in [7, 11) is -1.61. The number of carbonyl (C=O) groups excluding carboxylic acids is 1. The summed E-state index contributed by atoms with van der Waals surface area (Å²) in [6.45, 7) is -0.198. The molecule has 3 aromatic rings. The zero-order valence-corrected chi connectivity index (χ0v) is 16.0. The van der Waals surface area contributed by atoms with Gasteiger partial charge < -0.3 is 9.15 Å². The molecular weight excluding hydrogens is 396 g/mol. The van der Waals surface area contributed by atoms with E-state index in [2.05, 4.69) is 4.98 Å². The number of para-hydroxylation sites is 2. The fourth-order valence-corrected chi connectivity index (χ4v) is 3.73. The van der Waals surface area contributed by atoms with Crippen LogP contribution in [0.4, 0.5) is 0 Å². The van der Waals surface area contributed by atoms with Crippen molar-refractivity contribution in [2.75, 3.05) is 14.2 Å². The predicted octanol–water partition coefficient (Wildman–Crippen LogP) is 3.02. The third-order valence-corrected chi connectivity index (χ3v) is 5.87. The molecule has 0 aliphatic carbocycles. The molecule has 0 bridgehead atoms. The van der Waals surface area contributed by atoms with Gasteiger partial charge in [0.2, 0.25) is 5.89 Å². The van der Waals surface area contributed by atoms with E-state index in [9.17, 15) is 13.2 Å². The number of aromatic nitrogens is 1. The van der Waals surface area contributed by atoms with Crippen molar-refractivity contribution in [2.45, 2.75) is 11.5 Å². The summed E-state index contributed by atoms with van der Waals surface area (Å²) >= 11 is 5.97. The second kappa shape index (κ2) is 7.65. The van der Waals surface area contributed by atoms with Gasteiger partial charge >= 0.3 is 5.97 Å². The zero-order chi connectivity index (χ0) is 19.6. The second-order valence-corrected chi connectivity index (χ2v) is 7.71. The van der Waals surface area contributed by atoms with Crippen molar-refractivity contribution in [3.63, 3.8) is 0 Å². The highest BCUT2D eigenvalue weighted by atomic mass is 35.5. The summed E-state index contributed by atoms with van der Waals surface area (Å²) in [5, 5.41) is -0.0469. The fourth-order valence-electron chi connectivity index (χ4n) is 2.26. The van der Waals surface area contributed by atoms with Crippen LogP contribution in [0.5, 0.6) is 0 Å². The number of nitrogens with zero attached hydrogens (tertiary/aromatic N) is 2. The lowest BCUT2D eigenvalue weighted by atomic mass is 10.2. The number of hydroxylamine groups is 1. The van der Waals surface area contributed by atoms with E-state index in [0.29, 0.717) is 15.6 Å². The van der Waals surface area contributed by atoms with E-state index in [1.54, 1.807) is 18.2 Å². The number of fused-ring (bicyclic) bond motifs is 1. The van der Waals surface area contributed by atoms with Gasteiger partial charge in [-0.2, -0.15) is 0 Å². The van der Waals surface area contributed by atoms with Crippen LogP contribution in [0.3, 0.4) is 0 Å². The van der Waals surface area contributed by atoms with E-state index >= 15 is 0 Å². The number of ether oxygens (including phenoxy) is 1. The van der Waals surface area contributed by atoms with E-state index in [0.717, 1.165) is 6.07 Å². The van der Waals surface area contributed by atoms with E-state index < -0.39 is 16.0 Å². The molecule has 0 radical (unpaired) electrons. The van der Waals surface area contributed by atoms with Crippen LogP contribution in [0.1, 0.15) is 16.2 Å². The maximum Gasteiger partial charge on any atom is 0.338 e. The molecule has 142 valence electrons. The molecule has 0 aliphatic heterocycles. The Kier molecular flexibility index (Phi) is 5.47. The summed E-state index contributed by atoms with van der Waals surface area (Å²) in [5.41, 5.74) is 1.23. The van der Waals surface area contributed by atoms with Crippen molar-refractivity contribution in [2.24, 2.45) is 0 Å². The monoisotopic (exact) mass is 410 g/mol. The Hall–Kier alpha value is -2.46. The van der Waals surface area contributed by atoms with Gasteiger partial charge in [-0.3, -0.25) is 4.84 Å². The number of carbonyl (C=O) groups is 1. The van der Waals surface area contributed by atoms with E-state index in [-0.39, 0.29) is 28.0 Å². The molecule has 0 N–H and O–H groups in total. The second-order valence-electron chi connectivity index (χ2n) is 5.39. The van der Waals surface area contributed by atoms with Gasteiger partial charge in [-0.05, 0) is 30.3 Å². The highest BCUT2D eigenvalue weighted by molar-refractivity contribution is 7.89. The molecule has 1 heterocycles. The standard InChI is InChI=1S/C17H15ClN2O6S/c1-20(24-2)27(22,23)15-9-11(7-8-12(15)18)17(21)25-10-16-19-13-5-3-4-6-14(13)26-16/h3-9H,10H2,1-2H3. The molecule has 0 fully saturated rings. The van der Waals surface area contributed by atoms with Crippen LogP contribution in [0, 0.1) is 0 Å². The number of hydrogen-bond donors (Lipinski definition) is 0. The van der Waals surface area contributed by atoms with Gasteiger partial charge in [0.25, 0.3) is 10.0 Å². The molecule has 8 nitrogen and oxygen atoms in total. The summed E-state index contributed by atoms with van der Waals surface area (Å²) in [4.78, 5) is 20.9. The first-order valence-electron chi connectivity index (χ1n) is 7.67. The molecule has 0 amide bonds. The summed E-state index contributed by atoms with van der Waals surface area (Å²) < 4.78 is 36.0. The first kappa shape index (κ1) is 19.3. The average molecular weight is 411 g/mol. The van der Waals surface area contributed by atoms with Crippen LogP contribution < -0.4 is 0 Å². The molecule has 0 saturated carbocycles. The number of benzene rings is 2. The molecule has 0 atom stereocenters. The quantitative estimate of drug-likeness (QED) is 0.455. The number of sulfonamides is 1. The first-order chi connectivity index (χ1) is 12.8. The average Bonchev–Trinajstić information content (AvgIpc) is 3.08. The van der Waals surface area contributed by atoms with Crippen molar-refractivity contribution >= 4 is 38.7 Å². The molecule has 0 unspecified atom stereocenters. The molecule has 27 heavy (non-hydrogen) atoms. The Morgan fingerprint density at radius 2 is 2.00 bits per heavy atom. The van der Waals surface area contributed by atoms with Crippen LogP contribution in [-0.2, 0) is 26.2 Å². The van der Waals surface area contributed by atoms with Gasteiger partial charge in [-0.15, -0.1) is 0 Å². The minimum absolute atomic E-state index is 0.0126. The van der Waals surface area contributed by atoms with Crippen molar-refractivity contribution < 1.29 is 27.2 Å². The summed E-state index contributed by atoms with van der Waals surface area (Å²) in [6.07, 6.45) is 0. The van der Waals surface area contributed by atoms with Crippen LogP contribution in [0.15, 0.2) is 51.8 Å². The van der Waals surface area contributed by atoms with Gasteiger partial charge in [0, 0.05) is 7.05 Å². The van der Waals surface area contributed by atoms with Crippen molar-refractivity contribution in [1.29, 1.82) is 0 Å². The Bertz CT molecular complexity index is 1060. The van der Waals surface area contributed by atoms with Gasteiger partial charge in [-0.25, -0.2) is 18.2 Å². The van der Waals surface area contributed by atoms with Crippen LogP contribution in [0.25, 0.3) is 11.1 Å². The fraction of sp³-hybridized carbons (Fsp3) is 0.176. The number of esters is 1. The first-order valence-corrected chi connectivity index (χ1v) is 9.49. The van der Waals surface area contributed by atoms with Gasteiger partial charge in [-0.1, -0.05) is 28.2 Å². The molecule has 0 saturated heterocycles. The molecule has 0 aliphatic rings. The molecule has 10 heteroatoms. The summed E-state index contributed by atoms with van der Waals surface area (Å²) in [5.74, 6) is -0.518. The molecule has 2 aromatic carbocycles.